The van der Waals surface area contributed by atoms with Crippen LogP contribution >= 0.6 is 0 Å². The van der Waals surface area contributed by atoms with Gasteiger partial charge in [0, 0.05) is 0 Å². The summed E-state index contributed by atoms with van der Waals surface area (Å²) in [6, 6.07) is -0.0922. The van der Waals surface area contributed by atoms with Gasteiger partial charge < -0.3 is 5.32 Å². The number of hydrogen-bond donors (Lipinski definition) is 1. The minimum absolute atomic E-state index is 0.0922. The molecule has 0 spiro atoms. The van der Waals surface area contributed by atoms with Crippen LogP contribution < -0.4 is 5.32 Å². The average molecular weight is 193 g/mol. The second-order valence-electron chi connectivity index (χ2n) is 2.88. The van der Waals surface area contributed by atoms with Gasteiger partial charge in [0.1, 0.15) is 0 Å². The molecule has 0 saturated carbocycles. The molecule has 1 unspecified atom stereocenters. The fourth-order valence-corrected chi connectivity index (χ4v) is 1.03. The van der Waals surface area contributed by atoms with E-state index in [-0.39, 0.29) is 6.04 Å². The van der Waals surface area contributed by atoms with E-state index in [1.165, 1.54) is 0 Å². The molecule has 1 N–H and O–H groups in total. The quantitative estimate of drug-likeness (QED) is 0.741. The number of rotatable bonds is 4. The maximum atomic E-state index is 12.5. The largest absolute Gasteiger partial charge is 0.341 e. The maximum Gasteiger partial charge on any atom is 0.223 e. The summed E-state index contributed by atoms with van der Waals surface area (Å²) in [6.07, 6.45) is 9.33. The van der Waals surface area contributed by atoms with E-state index in [1.807, 2.05) is 6.92 Å². The second kappa shape index (κ2) is 5.18. The summed E-state index contributed by atoms with van der Waals surface area (Å²) in [5, 5.41) is 2.93. The second-order valence-corrected chi connectivity index (χ2v) is 2.88. The lowest BCUT2D eigenvalue weighted by molar-refractivity contribution is 0.613. The van der Waals surface area contributed by atoms with Crippen molar-refractivity contribution in [2.75, 3.05) is 5.32 Å². The maximum absolute atomic E-state index is 12.5. The molecule has 0 saturated heterocycles. The van der Waals surface area contributed by atoms with E-state index in [2.05, 4.69) is 21.2 Å². The van der Waals surface area contributed by atoms with Crippen molar-refractivity contribution in [3.05, 3.63) is 18.2 Å². The zero-order chi connectivity index (χ0) is 10.4. The Morgan fingerprint density at radius 1 is 1.57 bits per heavy atom. The smallest absolute Gasteiger partial charge is 0.223 e. The highest BCUT2D eigenvalue weighted by Crippen LogP contribution is 2.04. The van der Waals surface area contributed by atoms with Crippen molar-refractivity contribution in [2.24, 2.45) is 0 Å². The predicted octanol–water partition coefficient (Wildman–Crippen LogP) is 1.83. The Kier molecular flexibility index (Phi) is 3.86. The van der Waals surface area contributed by atoms with Crippen molar-refractivity contribution in [1.82, 2.24) is 9.97 Å². The highest BCUT2D eigenvalue weighted by molar-refractivity contribution is 5.28. The molecule has 74 valence electrons. The Morgan fingerprint density at radius 3 is 2.71 bits per heavy atom. The Morgan fingerprint density at radius 2 is 2.21 bits per heavy atom. The lowest BCUT2D eigenvalue weighted by atomic mass is 10.2. The first-order valence-corrected chi connectivity index (χ1v) is 4.46. The molecule has 0 fully saturated rings. The monoisotopic (exact) mass is 193 g/mol. The Labute approximate surface area is 82.8 Å². The van der Waals surface area contributed by atoms with E-state index in [9.17, 15) is 4.39 Å². The van der Waals surface area contributed by atoms with Gasteiger partial charge in [-0.15, -0.1) is 6.42 Å². The van der Waals surface area contributed by atoms with E-state index in [4.69, 9.17) is 6.42 Å². The number of nitrogens with zero attached hydrogens (tertiary/aromatic N) is 2. The van der Waals surface area contributed by atoms with Crippen LogP contribution in [0.3, 0.4) is 0 Å². The molecule has 0 aliphatic heterocycles. The fraction of sp³-hybridized carbons (Fsp3) is 0.400. The summed E-state index contributed by atoms with van der Waals surface area (Å²) < 4.78 is 12.5. The van der Waals surface area contributed by atoms with E-state index >= 15 is 0 Å². The lowest BCUT2D eigenvalue weighted by Crippen LogP contribution is -2.18. The first-order valence-electron chi connectivity index (χ1n) is 4.46. The van der Waals surface area contributed by atoms with Crippen molar-refractivity contribution in [2.45, 2.75) is 25.8 Å². The number of nitrogens with one attached hydrogen (secondary N) is 1. The van der Waals surface area contributed by atoms with Gasteiger partial charge in [-0.1, -0.05) is 19.3 Å². The summed E-state index contributed by atoms with van der Waals surface area (Å²) in [5.74, 6) is 2.49. The Hall–Kier alpha value is -1.63. The molecule has 1 aromatic heterocycles. The van der Waals surface area contributed by atoms with Gasteiger partial charge >= 0.3 is 0 Å². The first kappa shape index (κ1) is 10.5. The third kappa shape index (κ3) is 3.02. The number of anilines is 1. The number of terminal acetylenes is 1. The van der Waals surface area contributed by atoms with Crippen LogP contribution in [0.4, 0.5) is 10.3 Å². The zero-order valence-electron chi connectivity index (χ0n) is 8.00. The molecule has 1 atom stereocenters. The molecule has 0 amide bonds. The van der Waals surface area contributed by atoms with Crippen LogP contribution in [0.2, 0.25) is 0 Å². The summed E-state index contributed by atoms with van der Waals surface area (Å²) in [5.41, 5.74) is 0. The van der Waals surface area contributed by atoms with Crippen LogP contribution in [0.25, 0.3) is 0 Å². The van der Waals surface area contributed by atoms with Crippen LogP contribution in [0.15, 0.2) is 12.4 Å². The molecule has 14 heavy (non-hydrogen) atoms. The Balaban J connectivity index is 2.59. The van der Waals surface area contributed by atoms with Crippen LogP contribution in [0.5, 0.6) is 0 Å². The van der Waals surface area contributed by atoms with Gasteiger partial charge in [0.15, 0.2) is 5.82 Å². The standard InChI is InChI=1S/C10H12FN3/c1-3-5-9(4-2)14-10-12-6-8(11)7-13-10/h2,6-7,9H,3,5H2,1H3,(H,12,13,14). The van der Waals surface area contributed by atoms with Crippen molar-refractivity contribution in [3.8, 4) is 12.3 Å². The lowest BCUT2D eigenvalue weighted by Gasteiger charge is -2.10. The molecule has 1 rings (SSSR count). The molecular formula is C10H12FN3. The number of hydrogen-bond acceptors (Lipinski definition) is 3. The van der Waals surface area contributed by atoms with E-state index in [0.29, 0.717) is 5.95 Å². The van der Waals surface area contributed by atoms with Crippen molar-refractivity contribution < 1.29 is 4.39 Å². The molecule has 1 aromatic rings. The summed E-state index contributed by atoms with van der Waals surface area (Å²) in [6.45, 7) is 2.04. The van der Waals surface area contributed by atoms with Gasteiger partial charge in [-0.25, -0.2) is 14.4 Å². The predicted molar refractivity (Wildman–Crippen MR) is 53.1 cm³/mol. The van der Waals surface area contributed by atoms with Crippen LogP contribution in [-0.4, -0.2) is 16.0 Å². The summed E-state index contributed by atoms with van der Waals surface area (Å²) in [4.78, 5) is 7.51. The van der Waals surface area contributed by atoms with E-state index < -0.39 is 5.82 Å². The highest BCUT2D eigenvalue weighted by atomic mass is 19.1. The molecule has 3 nitrogen and oxygen atoms in total. The van der Waals surface area contributed by atoms with Gasteiger partial charge in [0.2, 0.25) is 5.95 Å². The van der Waals surface area contributed by atoms with E-state index in [1.54, 1.807) is 0 Å². The normalized spacial score (nSPS) is 11.8. The molecule has 0 aromatic carbocycles. The van der Waals surface area contributed by atoms with Gasteiger partial charge in [-0.3, -0.25) is 0 Å². The van der Waals surface area contributed by atoms with Gasteiger partial charge in [-0.2, -0.15) is 0 Å². The minimum atomic E-state index is -0.455. The molecule has 0 radical (unpaired) electrons. The first-order chi connectivity index (χ1) is 6.76. The third-order valence-corrected chi connectivity index (χ3v) is 1.70. The number of aromatic nitrogens is 2. The SMILES string of the molecule is C#CC(CCC)Nc1ncc(F)cn1. The molecule has 4 heteroatoms. The van der Waals surface area contributed by atoms with Crippen LogP contribution in [0.1, 0.15) is 19.8 Å². The van der Waals surface area contributed by atoms with Crippen molar-refractivity contribution >= 4 is 5.95 Å². The van der Waals surface area contributed by atoms with Crippen molar-refractivity contribution in [3.63, 3.8) is 0 Å². The molecule has 0 aliphatic carbocycles. The topological polar surface area (TPSA) is 37.8 Å². The zero-order valence-corrected chi connectivity index (χ0v) is 8.00. The van der Waals surface area contributed by atoms with Gasteiger partial charge in [0.25, 0.3) is 0 Å². The van der Waals surface area contributed by atoms with E-state index in [0.717, 1.165) is 25.2 Å². The summed E-state index contributed by atoms with van der Waals surface area (Å²) >= 11 is 0. The molecule has 0 bridgehead atoms. The van der Waals surface area contributed by atoms with Crippen LogP contribution in [0, 0.1) is 18.2 Å². The average Bonchev–Trinajstić information content (AvgIpc) is 2.20. The van der Waals surface area contributed by atoms with Crippen molar-refractivity contribution in [1.29, 1.82) is 0 Å². The Bertz CT molecular complexity index is 315. The van der Waals surface area contributed by atoms with Gasteiger partial charge in [-0.05, 0) is 6.42 Å². The third-order valence-electron chi connectivity index (χ3n) is 1.70. The highest BCUT2D eigenvalue weighted by Gasteiger charge is 2.04. The fourth-order valence-electron chi connectivity index (χ4n) is 1.03. The molecular weight excluding hydrogens is 181 g/mol. The molecule has 1 heterocycles. The minimum Gasteiger partial charge on any atom is -0.341 e. The molecule has 0 aliphatic rings. The summed E-state index contributed by atoms with van der Waals surface area (Å²) in [7, 11) is 0. The number of halogens is 1. The van der Waals surface area contributed by atoms with Crippen LogP contribution in [-0.2, 0) is 0 Å². The van der Waals surface area contributed by atoms with Gasteiger partial charge in [0.05, 0.1) is 18.4 Å².